The van der Waals surface area contributed by atoms with Gasteiger partial charge in [-0.3, -0.25) is 19.6 Å². The fourth-order valence-corrected chi connectivity index (χ4v) is 2.05. The Labute approximate surface area is 112 Å². The molecule has 0 aliphatic carbocycles. The number of amides is 2. The van der Waals surface area contributed by atoms with Gasteiger partial charge in [0.25, 0.3) is 0 Å². The van der Waals surface area contributed by atoms with Crippen molar-refractivity contribution in [2.75, 3.05) is 0 Å². The first kappa shape index (κ1) is 13.5. The highest BCUT2D eigenvalue weighted by molar-refractivity contribution is 5.96. The van der Waals surface area contributed by atoms with Crippen molar-refractivity contribution in [1.82, 2.24) is 20.2 Å². The largest absolute Gasteiger partial charge is 0.343 e. The first-order chi connectivity index (χ1) is 9.02. The molecule has 1 aromatic heterocycles. The summed E-state index contributed by atoms with van der Waals surface area (Å²) < 4.78 is 0. The number of piperazine rings is 1. The predicted octanol–water partition coefficient (Wildman–Crippen LogP) is 0.411. The van der Waals surface area contributed by atoms with Crippen LogP contribution in [0.25, 0.3) is 0 Å². The van der Waals surface area contributed by atoms with E-state index < -0.39 is 12.1 Å². The van der Waals surface area contributed by atoms with Gasteiger partial charge in [-0.15, -0.1) is 0 Å². The Morgan fingerprint density at radius 2 is 2.05 bits per heavy atom. The lowest BCUT2D eigenvalue weighted by Gasteiger charge is -2.36. The van der Waals surface area contributed by atoms with Crippen LogP contribution < -0.4 is 5.32 Å². The van der Waals surface area contributed by atoms with Crippen molar-refractivity contribution in [3.05, 3.63) is 23.8 Å². The molecule has 0 spiro atoms. The number of carbonyl (C=O) groups excluding carboxylic acids is 2. The van der Waals surface area contributed by atoms with Crippen LogP contribution >= 0.6 is 0 Å². The smallest absolute Gasteiger partial charge is 0.246 e. The van der Waals surface area contributed by atoms with Crippen molar-refractivity contribution < 1.29 is 9.59 Å². The molecule has 6 nitrogen and oxygen atoms in total. The summed E-state index contributed by atoms with van der Waals surface area (Å²) >= 11 is 0. The summed E-state index contributed by atoms with van der Waals surface area (Å²) in [5, 5.41) is 2.72. The zero-order valence-electron chi connectivity index (χ0n) is 11.4. The van der Waals surface area contributed by atoms with Crippen LogP contribution in [0.5, 0.6) is 0 Å². The molecule has 1 aliphatic heterocycles. The third-order valence-electron chi connectivity index (χ3n) is 3.32. The predicted molar refractivity (Wildman–Crippen MR) is 69.0 cm³/mol. The molecule has 1 aromatic rings. The molecule has 6 heteroatoms. The Balaban J connectivity index is 2.18. The standard InChI is InChI=1S/C13H18N4O2/c1-4-11-13(19)17(9(3)12(18)16-11)7-10-6-14-8(2)5-15-10/h5-6,9,11H,4,7H2,1-3H3,(H,16,18). The van der Waals surface area contributed by atoms with E-state index in [1.807, 2.05) is 13.8 Å². The van der Waals surface area contributed by atoms with Crippen molar-refractivity contribution in [1.29, 1.82) is 0 Å². The zero-order valence-corrected chi connectivity index (χ0v) is 11.4. The van der Waals surface area contributed by atoms with Gasteiger partial charge in [-0.05, 0) is 20.3 Å². The minimum atomic E-state index is -0.474. The van der Waals surface area contributed by atoms with E-state index in [4.69, 9.17) is 0 Å². The fourth-order valence-electron chi connectivity index (χ4n) is 2.05. The molecule has 2 rings (SSSR count). The third kappa shape index (κ3) is 2.72. The van der Waals surface area contributed by atoms with E-state index >= 15 is 0 Å². The summed E-state index contributed by atoms with van der Waals surface area (Å²) in [6.45, 7) is 5.77. The summed E-state index contributed by atoms with van der Waals surface area (Å²) in [5.41, 5.74) is 1.52. The number of carbonyl (C=O) groups is 2. The minimum Gasteiger partial charge on any atom is -0.343 e. The summed E-state index contributed by atoms with van der Waals surface area (Å²) in [6.07, 6.45) is 3.89. The fraction of sp³-hybridized carbons (Fsp3) is 0.538. The van der Waals surface area contributed by atoms with E-state index in [0.29, 0.717) is 18.7 Å². The molecule has 0 saturated carbocycles. The van der Waals surface area contributed by atoms with Gasteiger partial charge in [-0.25, -0.2) is 0 Å². The van der Waals surface area contributed by atoms with Gasteiger partial charge < -0.3 is 10.2 Å². The molecule has 0 bridgehead atoms. The second-order valence-corrected chi connectivity index (χ2v) is 4.76. The Morgan fingerprint density at radius 3 is 2.63 bits per heavy atom. The van der Waals surface area contributed by atoms with Crippen LogP contribution in [0.1, 0.15) is 31.7 Å². The summed E-state index contributed by atoms with van der Waals surface area (Å²) in [7, 11) is 0. The first-order valence-corrected chi connectivity index (χ1v) is 6.41. The highest BCUT2D eigenvalue weighted by Gasteiger charge is 2.37. The molecule has 1 saturated heterocycles. The number of hydrogen-bond acceptors (Lipinski definition) is 4. The topological polar surface area (TPSA) is 75.2 Å². The number of nitrogens with zero attached hydrogens (tertiary/aromatic N) is 3. The van der Waals surface area contributed by atoms with Crippen molar-refractivity contribution in [3.8, 4) is 0 Å². The monoisotopic (exact) mass is 262 g/mol. The molecular weight excluding hydrogens is 244 g/mol. The number of rotatable bonds is 3. The third-order valence-corrected chi connectivity index (χ3v) is 3.32. The highest BCUT2D eigenvalue weighted by atomic mass is 16.2. The normalized spacial score (nSPS) is 23.4. The van der Waals surface area contributed by atoms with Crippen LogP contribution in [0.3, 0.4) is 0 Å². The molecule has 2 amide bonds. The SMILES string of the molecule is CCC1NC(=O)C(C)N(Cc2cnc(C)cn2)C1=O. The van der Waals surface area contributed by atoms with Gasteiger partial charge in [0.1, 0.15) is 12.1 Å². The van der Waals surface area contributed by atoms with Gasteiger partial charge in [0, 0.05) is 6.20 Å². The van der Waals surface area contributed by atoms with Crippen LogP contribution in [0.4, 0.5) is 0 Å². The summed E-state index contributed by atoms with van der Waals surface area (Å²) in [5.74, 6) is -0.177. The molecule has 1 fully saturated rings. The van der Waals surface area contributed by atoms with Crippen molar-refractivity contribution >= 4 is 11.8 Å². The van der Waals surface area contributed by atoms with Gasteiger partial charge in [0.2, 0.25) is 11.8 Å². The van der Waals surface area contributed by atoms with E-state index in [9.17, 15) is 9.59 Å². The van der Waals surface area contributed by atoms with Crippen LogP contribution in [-0.4, -0.2) is 38.8 Å². The summed E-state index contributed by atoms with van der Waals surface area (Å²) in [4.78, 5) is 34.0. The number of aromatic nitrogens is 2. The lowest BCUT2D eigenvalue weighted by molar-refractivity contribution is -0.149. The molecule has 2 atom stereocenters. The van der Waals surface area contributed by atoms with Gasteiger partial charge >= 0.3 is 0 Å². The van der Waals surface area contributed by atoms with Gasteiger partial charge in [-0.1, -0.05) is 6.92 Å². The molecule has 2 heterocycles. The maximum absolute atomic E-state index is 12.2. The first-order valence-electron chi connectivity index (χ1n) is 6.41. The molecular formula is C13H18N4O2. The molecule has 2 unspecified atom stereocenters. The molecule has 1 N–H and O–H groups in total. The van der Waals surface area contributed by atoms with E-state index in [2.05, 4.69) is 15.3 Å². The Bertz CT molecular complexity index is 486. The molecule has 0 radical (unpaired) electrons. The molecule has 19 heavy (non-hydrogen) atoms. The van der Waals surface area contributed by atoms with Gasteiger partial charge in [0.05, 0.1) is 24.1 Å². The van der Waals surface area contributed by atoms with E-state index in [0.717, 1.165) is 5.69 Å². The molecule has 1 aliphatic rings. The Morgan fingerprint density at radius 1 is 1.32 bits per heavy atom. The van der Waals surface area contributed by atoms with Crippen LogP contribution in [0, 0.1) is 6.92 Å². The summed E-state index contributed by atoms with van der Waals surface area (Å²) in [6, 6.07) is -0.902. The number of nitrogens with one attached hydrogen (secondary N) is 1. The van der Waals surface area contributed by atoms with E-state index in [1.165, 1.54) is 0 Å². The van der Waals surface area contributed by atoms with Crippen molar-refractivity contribution in [2.24, 2.45) is 0 Å². The Hall–Kier alpha value is -1.98. The number of hydrogen-bond donors (Lipinski definition) is 1. The zero-order chi connectivity index (χ0) is 14.0. The average Bonchev–Trinajstić information content (AvgIpc) is 2.41. The lowest BCUT2D eigenvalue weighted by Crippen LogP contribution is -2.61. The van der Waals surface area contributed by atoms with Crippen molar-refractivity contribution in [2.45, 2.75) is 45.8 Å². The van der Waals surface area contributed by atoms with Crippen molar-refractivity contribution in [3.63, 3.8) is 0 Å². The van der Waals surface area contributed by atoms with Gasteiger partial charge in [-0.2, -0.15) is 0 Å². The molecule has 102 valence electrons. The van der Waals surface area contributed by atoms with E-state index in [1.54, 1.807) is 24.2 Å². The van der Waals surface area contributed by atoms with E-state index in [-0.39, 0.29) is 11.8 Å². The second kappa shape index (κ2) is 5.34. The van der Waals surface area contributed by atoms with Crippen LogP contribution in [0.2, 0.25) is 0 Å². The highest BCUT2D eigenvalue weighted by Crippen LogP contribution is 2.14. The average molecular weight is 262 g/mol. The van der Waals surface area contributed by atoms with Gasteiger partial charge in [0.15, 0.2) is 0 Å². The second-order valence-electron chi connectivity index (χ2n) is 4.76. The quantitative estimate of drug-likeness (QED) is 0.856. The lowest BCUT2D eigenvalue weighted by atomic mass is 10.1. The minimum absolute atomic E-state index is 0.0584. The van der Waals surface area contributed by atoms with Crippen LogP contribution in [0.15, 0.2) is 12.4 Å². The maximum atomic E-state index is 12.2. The maximum Gasteiger partial charge on any atom is 0.246 e. The molecule has 0 aromatic carbocycles. The Kier molecular flexibility index (Phi) is 3.78. The number of aryl methyl sites for hydroxylation is 1. The van der Waals surface area contributed by atoms with Crippen LogP contribution in [-0.2, 0) is 16.1 Å².